The van der Waals surface area contributed by atoms with E-state index in [1.807, 2.05) is 23.8 Å². The second-order valence-corrected chi connectivity index (χ2v) is 3.80. The fraction of sp³-hybridized carbons (Fsp3) is 0.182. The summed E-state index contributed by atoms with van der Waals surface area (Å²) in [5, 5.41) is 0. The molecule has 0 unspecified atom stereocenters. The molecular formula is C11H12N2S. The lowest BCUT2D eigenvalue weighted by Gasteiger charge is -2.05. The van der Waals surface area contributed by atoms with Gasteiger partial charge in [0.15, 0.2) is 4.77 Å². The van der Waals surface area contributed by atoms with Crippen LogP contribution in [0.15, 0.2) is 30.5 Å². The van der Waals surface area contributed by atoms with E-state index in [0.29, 0.717) is 0 Å². The van der Waals surface area contributed by atoms with Crippen molar-refractivity contribution in [1.82, 2.24) is 9.55 Å². The van der Waals surface area contributed by atoms with Gasteiger partial charge in [-0.25, -0.2) is 0 Å². The van der Waals surface area contributed by atoms with Crippen LogP contribution in [0.5, 0.6) is 0 Å². The molecule has 0 atom stereocenters. The summed E-state index contributed by atoms with van der Waals surface area (Å²) in [5.41, 5.74) is 3.49. The quantitative estimate of drug-likeness (QED) is 0.708. The predicted octanol–water partition coefficient (Wildman–Crippen LogP) is 3.15. The van der Waals surface area contributed by atoms with Gasteiger partial charge in [-0.15, -0.1) is 0 Å². The van der Waals surface area contributed by atoms with Crippen molar-refractivity contribution in [2.45, 2.75) is 13.8 Å². The minimum atomic E-state index is 0.744. The molecule has 0 spiro atoms. The average molecular weight is 204 g/mol. The maximum atomic E-state index is 5.21. The largest absolute Gasteiger partial charge is 0.337 e. The van der Waals surface area contributed by atoms with Crippen molar-refractivity contribution >= 4 is 12.2 Å². The molecule has 1 heterocycles. The van der Waals surface area contributed by atoms with Crippen LogP contribution >= 0.6 is 12.2 Å². The van der Waals surface area contributed by atoms with Gasteiger partial charge in [-0.3, -0.25) is 4.57 Å². The summed E-state index contributed by atoms with van der Waals surface area (Å²) in [6.45, 7) is 4.11. The lowest BCUT2D eigenvalue weighted by molar-refractivity contribution is 0.983. The van der Waals surface area contributed by atoms with Crippen LogP contribution in [0.25, 0.3) is 5.69 Å². The van der Waals surface area contributed by atoms with Gasteiger partial charge >= 0.3 is 0 Å². The summed E-state index contributed by atoms with van der Waals surface area (Å²) in [4.78, 5) is 3.03. The number of benzene rings is 1. The van der Waals surface area contributed by atoms with Gasteiger partial charge in [0.25, 0.3) is 0 Å². The van der Waals surface area contributed by atoms with E-state index >= 15 is 0 Å². The van der Waals surface area contributed by atoms with Crippen LogP contribution in [0.2, 0.25) is 0 Å². The molecular weight excluding hydrogens is 192 g/mol. The second kappa shape index (κ2) is 3.42. The van der Waals surface area contributed by atoms with Crippen LogP contribution in [-0.4, -0.2) is 9.55 Å². The maximum absolute atomic E-state index is 5.21. The fourth-order valence-corrected chi connectivity index (χ4v) is 1.85. The lowest BCUT2D eigenvalue weighted by atomic mass is 10.2. The first-order valence-electron chi connectivity index (χ1n) is 4.52. The first-order chi connectivity index (χ1) is 6.68. The van der Waals surface area contributed by atoms with E-state index in [-0.39, 0.29) is 0 Å². The highest BCUT2D eigenvalue weighted by atomic mass is 32.1. The number of H-pyrrole nitrogens is 1. The third kappa shape index (κ3) is 1.51. The third-order valence-corrected chi connectivity index (χ3v) is 2.52. The van der Waals surface area contributed by atoms with Gasteiger partial charge in [0, 0.05) is 17.6 Å². The minimum Gasteiger partial charge on any atom is -0.337 e. The molecule has 3 heteroatoms. The summed E-state index contributed by atoms with van der Waals surface area (Å²) < 4.78 is 2.77. The Balaban J connectivity index is 2.66. The van der Waals surface area contributed by atoms with Crippen molar-refractivity contribution in [3.8, 4) is 5.69 Å². The number of rotatable bonds is 1. The molecule has 1 N–H and O–H groups in total. The van der Waals surface area contributed by atoms with Gasteiger partial charge in [0.1, 0.15) is 0 Å². The molecule has 1 aromatic heterocycles. The SMILES string of the molecule is Cc1cccc(-n2c(C)c[nH]c2=S)c1. The van der Waals surface area contributed by atoms with Crippen molar-refractivity contribution in [3.05, 3.63) is 46.5 Å². The van der Waals surface area contributed by atoms with Crippen molar-refractivity contribution in [2.24, 2.45) is 0 Å². The zero-order chi connectivity index (χ0) is 10.1. The van der Waals surface area contributed by atoms with Gasteiger partial charge in [0.05, 0.1) is 0 Å². The van der Waals surface area contributed by atoms with Gasteiger partial charge in [-0.05, 0) is 43.8 Å². The summed E-state index contributed by atoms with van der Waals surface area (Å²) >= 11 is 5.21. The molecule has 0 aliphatic carbocycles. The Morgan fingerprint density at radius 1 is 1.29 bits per heavy atom. The fourth-order valence-electron chi connectivity index (χ4n) is 1.54. The first kappa shape index (κ1) is 9.21. The molecule has 0 amide bonds. The molecule has 0 saturated carbocycles. The maximum Gasteiger partial charge on any atom is 0.182 e. The molecule has 1 aromatic carbocycles. The van der Waals surface area contributed by atoms with Crippen LogP contribution in [-0.2, 0) is 0 Å². The number of nitrogens with one attached hydrogen (secondary N) is 1. The Morgan fingerprint density at radius 2 is 2.07 bits per heavy atom. The zero-order valence-corrected chi connectivity index (χ0v) is 9.06. The van der Waals surface area contributed by atoms with E-state index < -0.39 is 0 Å². The lowest BCUT2D eigenvalue weighted by Crippen LogP contribution is -1.96. The molecule has 0 aliphatic rings. The molecule has 0 saturated heterocycles. The van der Waals surface area contributed by atoms with Crippen molar-refractivity contribution < 1.29 is 0 Å². The molecule has 2 aromatic rings. The number of imidazole rings is 1. The minimum absolute atomic E-state index is 0.744. The van der Waals surface area contributed by atoms with E-state index in [1.54, 1.807) is 0 Å². The van der Waals surface area contributed by atoms with Crippen molar-refractivity contribution in [1.29, 1.82) is 0 Å². The van der Waals surface area contributed by atoms with Crippen LogP contribution in [0.4, 0.5) is 0 Å². The third-order valence-electron chi connectivity index (χ3n) is 2.22. The smallest absolute Gasteiger partial charge is 0.182 e. The zero-order valence-electron chi connectivity index (χ0n) is 8.24. The van der Waals surface area contributed by atoms with Gasteiger partial charge < -0.3 is 4.98 Å². The number of aromatic nitrogens is 2. The molecule has 2 rings (SSSR count). The van der Waals surface area contributed by atoms with Gasteiger partial charge in [-0.1, -0.05) is 12.1 Å². The number of aromatic amines is 1. The van der Waals surface area contributed by atoms with Crippen LogP contribution in [0.3, 0.4) is 0 Å². The number of hydrogen-bond donors (Lipinski definition) is 1. The normalized spacial score (nSPS) is 10.4. The van der Waals surface area contributed by atoms with E-state index in [9.17, 15) is 0 Å². The highest BCUT2D eigenvalue weighted by Gasteiger charge is 2.01. The van der Waals surface area contributed by atoms with Crippen molar-refractivity contribution in [2.75, 3.05) is 0 Å². The van der Waals surface area contributed by atoms with E-state index in [1.165, 1.54) is 5.56 Å². The Kier molecular flexibility index (Phi) is 2.25. The van der Waals surface area contributed by atoms with Gasteiger partial charge in [-0.2, -0.15) is 0 Å². The van der Waals surface area contributed by atoms with Crippen LogP contribution in [0, 0.1) is 18.6 Å². The number of hydrogen-bond acceptors (Lipinski definition) is 1. The van der Waals surface area contributed by atoms with E-state index in [0.717, 1.165) is 16.2 Å². The summed E-state index contributed by atoms with van der Waals surface area (Å²) in [6, 6.07) is 8.30. The summed E-state index contributed by atoms with van der Waals surface area (Å²) in [5.74, 6) is 0. The average Bonchev–Trinajstić information content (AvgIpc) is 2.46. The van der Waals surface area contributed by atoms with Crippen molar-refractivity contribution in [3.63, 3.8) is 0 Å². The molecule has 0 radical (unpaired) electrons. The molecule has 2 nitrogen and oxygen atoms in total. The Bertz CT molecular complexity index is 508. The van der Waals surface area contributed by atoms with E-state index in [4.69, 9.17) is 12.2 Å². The molecule has 0 bridgehead atoms. The van der Waals surface area contributed by atoms with Gasteiger partial charge in [0.2, 0.25) is 0 Å². The molecule has 72 valence electrons. The summed E-state index contributed by atoms with van der Waals surface area (Å²) in [6.07, 6.45) is 1.92. The number of nitrogens with zero attached hydrogens (tertiary/aromatic N) is 1. The monoisotopic (exact) mass is 204 g/mol. The molecule has 14 heavy (non-hydrogen) atoms. The standard InChI is InChI=1S/C11H12N2S/c1-8-4-3-5-10(6-8)13-9(2)7-12-11(13)14/h3-7H,1-2H3,(H,12,14). The van der Waals surface area contributed by atoms with Crippen LogP contribution in [0.1, 0.15) is 11.3 Å². The molecule has 0 aliphatic heterocycles. The number of aryl methyl sites for hydroxylation is 2. The topological polar surface area (TPSA) is 20.7 Å². The molecule has 0 fully saturated rings. The Morgan fingerprint density at radius 3 is 2.64 bits per heavy atom. The van der Waals surface area contributed by atoms with Crippen LogP contribution < -0.4 is 0 Å². The van der Waals surface area contributed by atoms with E-state index in [2.05, 4.69) is 30.1 Å². The highest BCUT2D eigenvalue weighted by molar-refractivity contribution is 7.71. The first-order valence-corrected chi connectivity index (χ1v) is 4.93. The predicted molar refractivity (Wildman–Crippen MR) is 60.4 cm³/mol. The highest BCUT2D eigenvalue weighted by Crippen LogP contribution is 2.13. The Labute approximate surface area is 88.2 Å². The Hall–Kier alpha value is -1.35. The second-order valence-electron chi connectivity index (χ2n) is 3.41. The summed E-state index contributed by atoms with van der Waals surface area (Å²) in [7, 11) is 0.